The van der Waals surface area contributed by atoms with Crippen LogP contribution in [0.15, 0.2) is 47.5 Å². The lowest BCUT2D eigenvalue weighted by molar-refractivity contribution is -0.132. The number of hydrogen-bond acceptors (Lipinski definition) is 7. The van der Waals surface area contributed by atoms with E-state index in [-0.39, 0.29) is 23.7 Å². The maximum atomic E-state index is 13.8. The topological polar surface area (TPSA) is 86.3 Å². The van der Waals surface area contributed by atoms with Gasteiger partial charge in [-0.05, 0) is 92.2 Å². The zero-order chi connectivity index (χ0) is 28.2. The van der Waals surface area contributed by atoms with Gasteiger partial charge in [0.05, 0.1) is 34.4 Å². The number of nitrogens with one attached hydrogen (secondary N) is 1. The highest BCUT2D eigenvalue weighted by atomic mass is 16.5. The van der Waals surface area contributed by atoms with Crippen LogP contribution < -0.4 is 24.3 Å². The first-order valence-corrected chi connectivity index (χ1v) is 13.8. The summed E-state index contributed by atoms with van der Waals surface area (Å²) >= 11 is 0. The molecule has 3 saturated heterocycles. The molecule has 2 bridgehead atoms. The van der Waals surface area contributed by atoms with Gasteiger partial charge in [-0.25, -0.2) is 0 Å². The molecule has 0 spiro atoms. The van der Waals surface area contributed by atoms with Crippen molar-refractivity contribution in [1.29, 1.82) is 0 Å². The summed E-state index contributed by atoms with van der Waals surface area (Å²) in [4.78, 5) is 29.6. The molecule has 0 radical (unpaired) electrons. The highest BCUT2D eigenvalue weighted by molar-refractivity contribution is 6.14. The molecule has 6 rings (SSSR count). The summed E-state index contributed by atoms with van der Waals surface area (Å²) < 4.78 is 21.7. The van der Waals surface area contributed by atoms with Gasteiger partial charge in [-0.15, -0.1) is 0 Å². The SMILES string of the molecule is COc1ccc(/C=C2\CC(NC(=O)C3CN4CCC3CC4)C/C(=C\c3ccc(OC)c(OC)c3)C2=O)cc1OC. The van der Waals surface area contributed by atoms with Crippen LogP contribution in [0, 0.1) is 11.8 Å². The van der Waals surface area contributed by atoms with E-state index in [0.29, 0.717) is 52.9 Å². The van der Waals surface area contributed by atoms with E-state index in [9.17, 15) is 9.59 Å². The molecule has 1 saturated carbocycles. The maximum Gasteiger partial charge on any atom is 0.224 e. The fourth-order valence-electron chi connectivity index (χ4n) is 6.20. The molecule has 4 aliphatic rings. The standard InChI is InChI=1S/C32H38N2O6/c1-37-27-7-5-20(15-29(27)39-3)13-23-17-25(33-32(36)26-19-34-11-9-22(26)10-12-34)18-24(31(23)35)14-21-6-8-28(38-2)30(16-21)40-4/h5-8,13-16,22,25-26H,9-12,17-19H2,1-4H3,(H,33,36)/b23-13+,24-14+. The first kappa shape index (κ1) is 27.8. The zero-order valence-electron chi connectivity index (χ0n) is 23.7. The molecule has 8 heteroatoms. The number of methoxy groups -OCH3 is 4. The molecule has 4 fully saturated rings. The molecular formula is C32H38N2O6. The van der Waals surface area contributed by atoms with Gasteiger partial charge < -0.3 is 29.2 Å². The van der Waals surface area contributed by atoms with Gasteiger partial charge in [-0.2, -0.15) is 0 Å². The van der Waals surface area contributed by atoms with E-state index in [4.69, 9.17) is 18.9 Å². The number of ketones is 1. The van der Waals surface area contributed by atoms with Gasteiger partial charge in [0.15, 0.2) is 28.8 Å². The number of piperidine rings is 3. The third-order valence-corrected chi connectivity index (χ3v) is 8.35. The Balaban J connectivity index is 1.45. The Labute approximate surface area is 235 Å². The average molecular weight is 547 g/mol. The number of benzene rings is 2. The largest absolute Gasteiger partial charge is 0.493 e. The summed E-state index contributed by atoms with van der Waals surface area (Å²) in [5.74, 6) is 2.95. The second kappa shape index (κ2) is 12.2. The quantitative estimate of drug-likeness (QED) is 0.492. The van der Waals surface area contributed by atoms with Crippen molar-refractivity contribution < 1.29 is 28.5 Å². The van der Waals surface area contributed by atoms with Crippen molar-refractivity contribution in [2.45, 2.75) is 31.7 Å². The second-order valence-electron chi connectivity index (χ2n) is 10.8. The Morgan fingerprint density at radius 3 is 1.73 bits per heavy atom. The van der Waals surface area contributed by atoms with Gasteiger partial charge in [0, 0.05) is 23.7 Å². The third kappa shape index (κ3) is 5.87. The number of fused-ring (bicyclic) bond motifs is 3. The molecule has 1 N–H and O–H groups in total. The van der Waals surface area contributed by atoms with Gasteiger partial charge in [0.25, 0.3) is 0 Å². The summed E-state index contributed by atoms with van der Waals surface area (Å²) in [5, 5.41) is 3.32. The van der Waals surface area contributed by atoms with Gasteiger partial charge in [0.1, 0.15) is 0 Å². The van der Waals surface area contributed by atoms with E-state index in [1.54, 1.807) is 28.4 Å². The molecule has 2 aromatic carbocycles. The number of nitrogens with zero attached hydrogens (tertiary/aromatic N) is 1. The smallest absolute Gasteiger partial charge is 0.224 e. The lowest BCUT2D eigenvalue weighted by atomic mass is 9.78. The predicted octanol–water partition coefficient (Wildman–Crippen LogP) is 4.38. The highest BCUT2D eigenvalue weighted by Crippen LogP contribution is 2.35. The fourth-order valence-corrected chi connectivity index (χ4v) is 6.20. The van der Waals surface area contributed by atoms with E-state index in [2.05, 4.69) is 10.2 Å². The number of carbonyl (C=O) groups is 2. The molecule has 0 aromatic heterocycles. The lowest BCUT2D eigenvalue weighted by Gasteiger charge is -2.44. The van der Waals surface area contributed by atoms with E-state index in [1.807, 2.05) is 48.6 Å². The molecule has 212 valence electrons. The number of Topliss-reactive ketones (excluding diaryl/α,β-unsaturated/α-hetero) is 1. The predicted molar refractivity (Wildman–Crippen MR) is 154 cm³/mol. The van der Waals surface area contributed by atoms with E-state index >= 15 is 0 Å². The Hall–Kier alpha value is -3.78. The molecule has 3 aliphatic heterocycles. The van der Waals surface area contributed by atoms with Crippen molar-refractivity contribution in [3.63, 3.8) is 0 Å². The molecule has 1 unspecified atom stereocenters. The Kier molecular flexibility index (Phi) is 8.45. The van der Waals surface area contributed by atoms with Crippen LogP contribution in [-0.4, -0.2) is 70.7 Å². The Morgan fingerprint density at radius 1 is 0.800 bits per heavy atom. The van der Waals surface area contributed by atoms with Crippen LogP contribution in [0.2, 0.25) is 0 Å². The molecule has 8 nitrogen and oxygen atoms in total. The maximum absolute atomic E-state index is 13.8. The molecular weight excluding hydrogens is 508 g/mol. The van der Waals surface area contributed by atoms with Gasteiger partial charge in [-0.3, -0.25) is 9.59 Å². The zero-order valence-corrected chi connectivity index (χ0v) is 23.7. The summed E-state index contributed by atoms with van der Waals surface area (Å²) in [6, 6.07) is 11.0. The summed E-state index contributed by atoms with van der Waals surface area (Å²) in [5.41, 5.74) is 2.94. The number of ether oxygens (including phenoxy) is 4. The van der Waals surface area contributed by atoms with Crippen molar-refractivity contribution in [1.82, 2.24) is 10.2 Å². The van der Waals surface area contributed by atoms with Crippen LogP contribution in [0.25, 0.3) is 12.2 Å². The van der Waals surface area contributed by atoms with E-state index in [0.717, 1.165) is 43.6 Å². The Bertz CT molecular complexity index is 1250. The first-order valence-electron chi connectivity index (χ1n) is 13.8. The molecule has 40 heavy (non-hydrogen) atoms. The van der Waals surface area contributed by atoms with Crippen LogP contribution in [0.1, 0.15) is 36.8 Å². The minimum Gasteiger partial charge on any atom is -0.493 e. The molecule has 1 aliphatic carbocycles. The number of amides is 1. The normalized spacial score (nSPS) is 26.1. The van der Waals surface area contributed by atoms with Crippen LogP contribution in [0.4, 0.5) is 0 Å². The Morgan fingerprint density at radius 2 is 1.30 bits per heavy atom. The van der Waals surface area contributed by atoms with E-state index in [1.165, 1.54) is 0 Å². The number of hydrogen-bond donors (Lipinski definition) is 1. The van der Waals surface area contributed by atoms with E-state index < -0.39 is 0 Å². The molecule has 3 heterocycles. The fraction of sp³-hybridized carbons (Fsp3) is 0.438. The van der Waals surface area contributed by atoms with Crippen molar-refractivity contribution in [3.8, 4) is 23.0 Å². The van der Waals surface area contributed by atoms with Crippen LogP contribution in [0.5, 0.6) is 23.0 Å². The monoisotopic (exact) mass is 546 g/mol. The number of rotatable bonds is 8. The second-order valence-corrected chi connectivity index (χ2v) is 10.8. The lowest BCUT2D eigenvalue weighted by Crippen LogP contribution is -2.54. The van der Waals surface area contributed by atoms with Crippen molar-refractivity contribution in [2.75, 3.05) is 48.1 Å². The first-order chi connectivity index (χ1) is 19.4. The summed E-state index contributed by atoms with van der Waals surface area (Å²) in [6.07, 6.45) is 6.86. The summed E-state index contributed by atoms with van der Waals surface area (Å²) in [7, 11) is 6.36. The van der Waals surface area contributed by atoms with Gasteiger partial charge in [0.2, 0.25) is 5.91 Å². The van der Waals surface area contributed by atoms with Crippen molar-refractivity contribution in [3.05, 3.63) is 58.7 Å². The van der Waals surface area contributed by atoms with Crippen LogP contribution in [0.3, 0.4) is 0 Å². The minimum absolute atomic E-state index is 0.0108. The van der Waals surface area contributed by atoms with Crippen molar-refractivity contribution >= 4 is 23.8 Å². The molecule has 1 amide bonds. The van der Waals surface area contributed by atoms with Gasteiger partial charge >= 0.3 is 0 Å². The minimum atomic E-state index is -0.182. The number of carbonyl (C=O) groups excluding carboxylic acids is 2. The molecule has 1 atom stereocenters. The van der Waals surface area contributed by atoms with Crippen LogP contribution in [-0.2, 0) is 9.59 Å². The van der Waals surface area contributed by atoms with Crippen molar-refractivity contribution in [2.24, 2.45) is 11.8 Å². The summed E-state index contributed by atoms with van der Waals surface area (Å²) in [6.45, 7) is 3.00. The molecule has 2 aromatic rings. The third-order valence-electron chi connectivity index (χ3n) is 8.35. The highest BCUT2D eigenvalue weighted by Gasteiger charge is 2.39. The van der Waals surface area contributed by atoms with Gasteiger partial charge in [-0.1, -0.05) is 12.1 Å². The average Bonchev–Trinajstić information content (AvgIpc) is 2.99. The van der Waals surface area contributed by atoms with Crippen LogP contribution >= 0.6 is 0 Å².